The van der Waals surface area contributed by atoms with Crippen molar-refractivity contribution in [3.8, 4) is 0 Å². The van der Waals surface area contributed by atoms with Crippen LogP contribution in [0.1, 0.15) is 42.5 Å². The standard InChI is InChI=1S/C19H24N4O/c24-18(10-7-15-12-20-14-21-13-15)6-2-1-5-17-9-8-16-4-3-11-22-19(16)23-17/h7-10,12-14,18,24H,1-6,11H2,(H,22,23)/b10-7+/t18-/m0/s1. The van der Waals surface area contributed by atoms with Crippen molar-refractivity contribution in [2.45, 2.75) is 44.6 Å². The van der Waals surface area contributed by atoms with Crippen LogP contribution in [-0.2, 0) is 12.8 Å². The zero-order chi connectivity index (χ0) is 16.6. The van der Waals surface area contributed by atoms with Crippen molar-refractivity contribution < 1.29 is 5.11 Å². The van der Waals surface area contributed by atoms with Gasteiger partial charge in [-0.1, -0.05) is 24.6 Å². The maximum atomic E-state index is 10.0. The number of rotatable bonds is 7. The van der Waals surface area contributed by atoms with Gasteiger partial charge in [-0.05, 0) is 43.7 Å². The smallest absolute Gasteiger partial charge is 0.129 e. The van der Waals surface area contributed by atoms with Gasteiger partial charge in [-0.25, -0.2) is 15.0 Å². The molecule has 0 saturated carbocycles. The average Bonchev–Trinajstić information content (AvgIpc) is 2.64. The molecule has 2 aromatic rings. The Bertz CT molecular complexity index is 672. The minimum Gasteiger partial charge on any atom is -0.389 e. The lowest BCUT2D eigenvalue weighted by molar-refractivity contribution is 0.209. The van der Waals surface area contributed by atoms with Gasteiger partial charge in [0, 0.05) is 30.2 Å². The van der Waals surface area contributed by atoms with E-state index in [9.17, 15) is 5.11 Å². The Labute approximate surface area is 142 Å². The van der Waals surface area contributed by atoms with Crippen LogP contribution in [0.4, 0.5) is 5.82 Å². The molecule has 3 rings (SSSR count). The number of aromatic nitrogens is 3. The molecule has 0 unspecified atom stereocenters. The number of aliphatic hydroxyl groups is 1. The molecular formula is C19H24N4O. The first kappa shape index (κ1) is 16.6. The number of anilines is 1. The molecule has 0 fully saturated rings. The molecule has 126 valence electrons. The summed E-state index contributed by atoms with van der Waals surface area (Å²) in [4.78, 5) is 12.6. The third-order valence-corrected chi connectivity index (χ3v) is 4.23. The second-order valence-electron chi connectivity index (χ2n) is 6.18. The lowest BCUT2D eigenvalue weighted by Gasteiger charge is -2.17. The van der Waals surface area contributed by atoms with Crippen LogP contribution in [0.15, 0.2) is 36.9 Å². The van der Waals surface area contributed by atoms with Crippen LogP contribution < -0.4 is 5.32 Å². The third-order valence-electron chi connectivity index (χ3n) is 4.23. The second-order valence-corrected chi connectivity index (χ2v) is 6.18. The molecule has 0 saturated heterocycles. The van der Waals surface area contributed by atoms with E-state index in [4.69, 9.17) is 4.98 Å². The molecule has 5 nitrogen and oxygen atoms in total. The molecule has 24 heavy (non-hydrogen) atoms. The highest BCUT2D eigenvalue weighted by molar-refractivity contribution is 5.47. The predicted octanol–water partition coefficient (Wildman–Crippen LogP) is 3.02. The largest absolute Gasteiger partial charge is 0.389 e. The number of nitrogens with zero attached hydrogens (tertiary/aromatic N) is 3. The van der Waals surface area contributed by atoms with E-state index in [1.165, 1.54) is 18.3 Å². The Balaban J connectivity index is 1.40. The monoisotopic (exact) mass is 324 g/mol. The summed E-state index contributed by atoms with van der Waals surface area (Å²) in [5, 5.41) is 13.4. The highest BCUT2D eigenvalue weighted by Crippen LogP contribution is 2.20. The number of hydrogen-bond donors (Lipinski definition) is 2. The first-order chi connectivity index (χ1) is 11.8. The van der Waals surface area contributed by atoms with Gasteiger partial charge in [-0.15, -0.1) is 0 Å². The summed E-state index contributed by atoms with van der Waals surface area (Å²) >= 11 is 0. The van der Waals surface area contributed by atoms with Crippen LogP contribution in [0, 0.1) is 0 Å². The van der Waals surface area contributed by atoms with Gasteiger partial charge in [-0.2, -0.15) is 0 Å². The molecule has 3 heterocycles. The van der Waals surface area contributed by atoms with Gasteiger partial charge in [0.15, 0.2) is 0 Å². The number of hydrogen-bond acceptors (Lipinski definition) is 5. The number of nitrogens with one attached hydrogen (secondary N) is 1. The van der Waals surface area contributed by atoms with Gasteiger partial charge in [0.1, 0.15) is 12.1 Å². The first-order valence-corrected chi connectivity index (χ1v) is 8.65. The molecule has 1 aliphatic rings. The Hall–Kier alpha value is -2.27. The van der Waals surface area contributed by atoms with Crippen molar-refractivity contribution in [2.75, 3.05) is 11.9 Å². The Morgan fingerprint density at radius 2 is 2.08 bits per heavy atom. The minimum absolute atomic E-state index is 0.427. The SMILES string of the molecule is O[C@H](/C=C/c1cncnc1)CCCCc1ccc2c(n1)NCCC2. The number of aryl methyl sites for hydroxylation is 2. The lowest BCUT2D eigenvalue weighted by atomic mass is 10.0. The van der Waals surface area contributed by atoms with Crippen LogP contribution in [0.3, 0.4) is 0 Å². The maximum Gasteiger partial charge on any atom is 0.129 e. The van der Waals surface area contributed by atoms with E-state index in [-0.39, 0.29) is 0 Å². The molecule has 0 aliphatic carbocycles. The minimum atomic E-state index is -0.427. The van der Waals surface area contributed by atoms with Crippen LogP contribution >= 0.6 is 0 Å². The zero-order valence-corrected chi connectivity index (χ0v) is 13.9. The molecule has 0 spiro atoms. The third kappa shape index (κ3) is 4.86. The zero-order valence-electron chi connectivity index (χ0n) is 13.9. The summed E-state index contributed by atoms with van der Waals surface area (Å²) in [7, 11) is 0. The Morgan fingerprint density at radius 3 is 2.96 bits per heavy atom. The number of aliphatic hydroxyl groups excluding tert-OH is 1. The van der Waals surface area contributed by atoms with Crippen molar-refractivity contribution >= 4 is 11.9 Å². The average molecular weight is 324 g/mol. The summed E-state index contributed by atoms with van der Waals surface area (Å²) in [5.74, 6) is 1.06. The summed E-state index contributed by atoms with van der Waals surface area (Å²) in [6.07, 6.45) is 14.2. The van der Waals surface area contributed by atoms with Crippen molar-refractivity contribution in [1.82, 2.24) is 15.0 Å². The fourth-order valence-electron chi connectivity index (χ4n) is 2.88. The summed E-state index contributed by atoms with van der Waals surface area (Å²) < 4.78 is 0. The van der Waals surface area contributed by atoms with Crippen LogP contribution in [-0.4, -0.2) is 32.7 Å². The van der Waals surface area contributed by atoms with E-state index in [2.05, 4.69) is 27.4 Å². The fourth-order valence-corrected chi connectivity index (χ4v) is 2.88. The number of fused-ring (bicyclic) bond motifs is 1. The quantitative estimate of drug-likeness (QED) is 0.766. The van der Waals surface area contributed by atoms with Gasteiger partial charge in [0.05, 0.1) is 6.10 Å². The molecule has 0 radical (unpaired) electrons. The van der Waals surface area contributed by atoms with E-state index in [0.29, 0.717) is 0 Å². The van der Waals surface area contributed by atoms with Crippen LogP contribution in [0.2, 0.25) is 0 Å². The summed E-state index contributed by atoms with van der Waals surface area (Å²) in [6.45, 7) is 1.02. The molecule has 2 N–H and O–H groups in total. The predicted molar refractivity (Wildman–Crippen MR) is 95.7 cm³/mol. The molecule has 0 aromatic carbocycles. The highest BCUT2D eigenvalue weighted by atomic mass is 16.3. The van der Waals surface area contributed by atoms with Gasteiger partial charge >= 0.3 is 0 Å². The molecule has 2 aromatic heterocycles. The number of unbranched alkanes of at least 4 members (excludes halogenated alkanes) is 1. The van der Waals surface area contributed by atoms with Gasteiger partial charge in [0.25, 0.3) is 0 Å². The van der Waals surface area contributed by atoms with Gasteiger partial charge < -0.3 is 10.4 Å². The van der Waals surface area contributed by atoms with Gasteiger partial charge in [-0.3, -0.25) is 0 Å². The normalized spacial score (nSPS) is 15.0. The van der Waals surface area contributed by atoms with Crippen molar-refractivity contribution in [3.05, 3.63) is 53.8 Å². The number of pyridine rings is 1. The van der Waals surface area contributed by atoms with Gasteiger partial charge in [0.2, 0.25) is 0 Å². The van der Waals surface area contributed by atoms with E-state index in [0.717, 1.165) is 55.7 Å². The van der Waals surface area contributed by atoms with E-state index >= 15 is 0 Å². The van der Waals surface area contributed by atoms with E-state index in [1.807, 2.05) is 6.08 Å². The maximum absolute atomic E-state index is 10.0. The molecule has 5 heteroatoms. The molecule has 1 atom stereocenters. The lowest BCUT2D eigenvalue weighted by Crippen LogP contribution is -2.14. The first-order valence-electron chi connectivity index (χ1n) is 8.65. The molecule has 1 aliphatic heterocycles. The topological polar surface area (TPSA) is 70.9 Å². The Morgan fingerprint density at radius 1 is 1.21 bits per heavy atom. The van der Waals surface area contributed by atoms with Crippen LogP contribution in [0.5, 0.6) is 0 Å². The molecule has 0 amide bonds. The second kappa shape index (κ2) is 8.55. The molecule has 0 bridgehead atoms. The molecular weight excluding hydrogens is 300 g/mol. The highest BCUT2D eigenvalue weighted by Gasteiger charge is 2.10. The summed E-state index contributed by atoms with van der Waals surface area (Å²) in [6, 6.07) is 4.33. The van der Waals surface area contributed by atoms with E-state index in [1.54, 1.807) is 18.5 Å². The van der Waals surface area contributed by atoms with Crippen molar-refractivity contribution in [1.29, 1.82) is 0 Å². The fraction of sp³-hybridized carbons (Fsp3) is 0.421. The summed E-state index contributed by atoms with van der Waals surface area (Å²) in [5.41, 5.74) is 3.37. The Kier molecular flexibility index (Phi) is 5.90. The van der Waals surface area contributed by atoms with Crippen LogP contribution in [0.25, 0.3) is 6.08 Å². The van der Waals surface area contributed by atoms with Crippen molar-refractivity contribution in [3.63, 3.8) is 0 Å². The van der Waals surface area contributed by atoms with Crippen molar-refractivity contribution in [2.24, 2.45) is 0 Å². The van der Waals surface area contributed by atoms with E-state index < -0.39 is 6.10 Å².